The lowest BCUT2D eigenvalue weighted by Gasteiger charge is -2.10. The van der Waals surface area contributed by atoms with Crippen molar-refractivity contribution in [2.75, 3.05) is 7.11 Å². The van der Waals surface area contributed by atoms with Crippen LogP contribution in [0.4, 0.5) is 0 Å². The first-order chi connectivity index (χ1) is 7.63. The van der Waals surface area contributed by atoms with Crippen LogP contribution in [0.3, 0.4) is 0 Å². The Labute approximate surface area is 96.9 Å². The molecular weight excluding hydrogens is 200 g/mol. The predicted molar refractivity (Wildman–Crippen MR) is 65.9 cm³/mol. The van der Waals surface area contributed by atoms with Crippen molar-refractivity contribution < 1.29 is 9.53 Å². The van der Waals surface area contributed by atoms with Gasteiger partial charge in [0.05, 0.1) is 7.11 Å². The highest BCUT2D eigenvalue weighted by molar-refractivity contribution is 5.91. The van der Waals surface area contributed by atoms with Crippen molar-refractivity contribution in [3.05, 3.63) is 42.0 Å². The number of hydrogen-bond acceptors (Lipinski definition) is 2. The molecule has 0 aromatic heterocycles. The maximum Gasteiger partial charge on any atom is 0.330 e. The van der Waals surface area contributed by atoms with Gasteiger partial charge in [-0.2, -0.15) is 0 Å². The molecule has 2 nitrogen and oxygen atoms in total. The Balaban J connectivity index is 2.96. The minimum Gasteiger partial charge on any atom is -0.466 e. The smallest absolute Gasteiger partial charge is 0.330 e. The molecule has 16 heavy (non-hydrogen) atoms. The number of rotatable bonds is 4. The molecule has 0 fully saturated rings. The van der Waals surface area contributed by atoms with E-state index in [0.29, 0.717) is 5.92 Å². The zero-order valence-corrected chi connectivity index (χ0v) is 10.1. The summed E-state index contributed by atoms with van der Waals surface area (Å²) in [6, 6.07) is 9.94. The summed E-state index contributed by atoms with van der Waals surface area (Å²) >= 11 is 0. The Bertz CT molecular complexity index is 364. The van der Waals surface area contributed by atoms with E-state index in [1.165, 1.54) is 7.11 Å². The predicted octanol–water partition coefficient (Wildman–Crippen LogP) is 3.29. The van der Waals surface area contributed by atoms with Crippen LogP contribution in [0.5, 0.6) is 0 Å². The lowest BCUT2D eigenvalue weighted by Crippen LogP contribution is -1.99. The van der Waals surface area contributed by atoms with Crippen LogP contribution >= 0.6 is 0 Å². The molecule has 0 bridgehead atoms. The summed E-state index contributed by atoms with van der Waals surface area (Å²) in [6.07, 6.45) is 2.45. The van der Waals surface area contributed by atoms with E-state index < -0.39 is 0 Å². The van der Waals surface area contributed by atoms with Gasteiger partial charge in [0.15, 0.2) is 0 Å². The van der Waals surface area contributed by atoms with E-state index >= 15 is 0 Å². The molecule has 0 aliphatic carbocycles. The van der Waals surface area contributed by atoms with Crippen molar-refractivity contribution in [1.29, 1.82) is 0 Å². The fourth-order valence-electron chi connectivity index (χ4n) is 1.55. The fraction of sp³-hybridized carbons (Fsp3) is 0.357. The maximum atomic E-state index is 11.3. The van der Waals surface area contributed by atoms with Crippen molar-refractivity contribution in [2.45, 2.75) is 20.3 Å². The number of benzene rings is 1. The minimum absolute atomic E-state index is 0.292. The van der Waals surface area contributed by atoms with E-state index in [-0.39, 0.29) is 5.97 Å². The molecule has 86 valence electrons. The van der Waals surface area contributed by atoms with Crippen LogP contribution in [0.2, 0.25) is 0 Å². The quantitative estimate of drug-likeness (QED) is 0.572. The van der Waals surface area contributed by atoms with Crippen LogP contribution in [0.25, 0.3) is 5.57 Å². The van der Waals surface area contributed by atoms with Crippen LogP contribution in [0.15, 0.2) is 36.4 Å². The Morgan fingerprint density at radius 3 is 2.44 bits per heavy atom. The number of carbonyl (C=O) groups is 1. The molecule has 0 heterocycles. The molecule has 1 aromatic rings. The third-order valence-electron chi connectivity index (χ3n) is 2.27. The monoisotopic (exact) mass is 218 g/mol. The van der Waals surface area contributed by atoms with Crippen LogP contribution in [0, 0.1) is 5.92 Å². The van der Waals surface area contributed by atoms with Gasteiger partial charge in [0, 0.05) is 6.08 Å². The van der Waals surface area contributed by atoms with E-state index in [2.05, 4.69) is 18.6 Å². The molecule has 0 aliphatic rings. The summed E-state index contributed by atoms with van der Waals surface area (Å²) in [5, 5.41) is 0. The molecule has 0 saturated heterocycles. The van der Waals surface area contributed by atoms with Gasteiger partial charge in [-0.05, 0) is 23.5 Å². The minimum atomic E-state index is -0.292. The van der Waals surface area contributed by atoms with Crippen molar-refractivity contribution in [2.24, 2.45) is 5.92 Å². The summed E-state index contributed by atoms with van der Waals surface area (Å²) < 4.78 is 4.67. The second-order valence-electron chi connectivity index (χ2n) is 4.16. The number of esters is 1. The molecule has 0 amide bonds. The molecule has 0 radical (unpaired) electrons. The lowest BCUT2D eigenvalue weighted by atomic mass is 9.96. The molecule has 0 spiro atoms. The van der Waals surface area contributed by atoms with Crippen LogP contribution in [-0.4, -0.2) is 13.1 Å². The van der Waals surface area contributed by atoms with E-state index in [9.17, 15) is 4.79 Å². The third kappa shape index (κ3) is 3.89. The van der Waals surface area contributed by atoms with Crippen molar-refractivity contribution in [1.82, 2.24) is 0 Å². The molecule has 0 aliphatic heterocycles. The van der Waals surface area contributed by atoms with Gasteiger partial charge in [-0.1, -0.05) is 44.2 Å². The maximum absolute atomic E-state index is 11.3. The van der Waals surface area contributed by atoms with Gasteiger partial charge in [0.2, 0.25) is 0 Å². The third-order valence-corrected chi connectivity index (χ3v) is 2.27. The van der Waals surface area contributed by atoms with Crippen molar-refractivity contribution >= 4 is 11.5 Å². The first kappa shape index (κ1) is 12.5. The highest BCUT2D eigenvalue weighted by Gasteiger charge is 2.06. The van der Waals surface area contributed by atoms with E-state index in [1.807, 2.05) is 30.3 Å². The molecule has 0 unspecified atom stereocenters. The highest BCUT2D eigenvalue weighted by atomic mass is 16.5. The number of carbonyl (C=O) groups excluding carboxylic acids is 1. The van der Waals surface area contributed by atoms with E-state index in [4.69, 9.17) is 0 Å². The number of allylic oxidation sites excluding steroid dienone is 1. The Kier molecular flexibility index (Phi) is 4.77. The molecular formula is C14H18O2. The Morgan fingerprint density at radius 1 is 1.31 bits per heavy atom. The molecule has 1 aromatic carbocycles. The molecule has 0 N–H and O–H groups in total. The first-order valence-electron chi connectivity index (χ1n) is 5.47. The van der Waals surface area contributed by atoms with Crippen molar-refractivity contribution in [3.8, 4) is 0 Å². The summed E-state index contributed by atoms with van der Waals surface area (Å²) in [7, 11) is 1.40. The van der Waals surface area contributed by atoms with Gasteiger partial charge in [0.1, 0.15) is 0 Å². The van der Waals surface area contributed by atoms with Crippen LogP contribution < -0.4 is 0 Å². The summed E-state index contributed by atoms with van der Waals surface area (Å²) in [5.74, 6) is 0.218. The second-order valence-corrected chi connectivity index (χ2v) is 4.16. The van der Waals surface area contributed by atoms with Gasteiger partial charge in [-0.25, -0.2) is 4.79 Å². The lowest BCUT2D eigenvalue weighted by molar-refractivity contribution is -0.134. The van der Waals surface area contributed by atoms with Gasteiger partial charge in [-0.3, -0.25) is 0 Å². The van der Waals surface area contributed by atoms with E-state index in [1.54, 1.807) is 6.08 Å². The standard InChI is InChI=1S/C14H18O2/c1-11(2)9-13(10-14(15)16-3)12-7-5-4-6-8-12/h4-8,10-11H,9H2,1-3H3/b13-10-. The topological polar surface area (TPSA) is 26.3 Å². The fourth-order valence-corrected chi connectivity index (χ4v) is 1.55. The number of hydrogen-bond donors (Lipinski definition) is 0. The molecule has 0 atom stereocenters. The Hall–Kier alpha value is -1.57. The van der Waals surface area contributed by atoms with Gasteiger partial charge < -0.3 is 4.74 Å². The van der Waals surface area contributed by atoms with E-state index in [0.717, 1.165) is 17.6 Å². The molecule has 1 rings (SSSR count). The SMILES string of the molecule is COC(=O)/C=C(/CC(C)C)c1ccccc1. The Morgan fingerprint density at radius 2 is 1.94 bits per heavy atom. The normalized spacial score (nSPS) is 11.6. The largest absolute Gasteiger partial charge is 0.466 e. The van der Waals surface area contributed by atoms with Crippen LogP contribution in [-0.2, 0) is 9.53 Å². The number of methoxy groups -OCH3 is 1. The average Bonchev–Trinajstić information content (AvgIpc) is 2.28. The second kappa shape index (κ2) is 6.11. The van der Waals surface area contributed by atoms with Crippen LogP contribution in [0.1, 0.15) is 25.8 Å². The van der Waals surface area contributed by atoms with Gasteiger partial charge >= 0.3 is 5.97 Å². The summed E-state index contributed by atoms with van der Waals surface area (Å²) in [6.45, 7) is 4.27. The summed E-state index contributed by atoms with van der Waals surface area (Å²) in [4.78, 5) is 11.3. The molecule has 0 saturated carbocycles. The van der Waals surface area contributed by atoms with Gasteiger partial charge in [-0.15, -0.1) is 0 Å². The first-order valence-corrected chi connectivity index (χ1v) is 5.47. The van der Waals surface area contributed by atoms with Crippen molar-refractivity contribution in [3.63, 3.8) is 0 Å². The summed E-state index contributed by atoms with van der Waals surface area (Å²) in [5.41, 5.74) is 2.11. The average molecular weight is 218 g/mol. The zero-order chi connectivity index (χ0) is 12.0. The zero-order valence-electron chi connectivity index (χ0n) is 10.1. The number of ether oxygens (including phenoxy) is 1. The van der Waals surface area contributed by atoms with Gasteiger partial charge in [0.25, 0.3) is 0 Å². The highest BCUT2D eigenvalue weighted by Crippen LogP contribution is 2.22. The molecule has 2 heteroatoms.